The first-order chi connectivity index (χ1) is 12.7. The summed E-state index contributed by atoms with van der Waals surface area (Å²) >= 11 is 0. The van der Waals surface area contributed by atoms with Crippen LogP contribution >= 0.6 is 0 Å². The molecule has 6 nitrogen and oxygen atoms in total. The van der Waals surface area contributed by atoms with Crippen molar-refractivity contribution in [3.63, 3.8) is 0 Å². The van der Waals surface area contributed by atoms with Gasteiger partial charge in [-0.05, 0) is 48.9 Å². The van der Waals surface area contributed by atoms with Gasteiger partial charge < -0.3 is 23.7 Å². The molecule has 2 fully saturated rings. The molecule has 2 aliphatic heterocycles. The molecule has 26 heavy (non-hydrogen) atoms. The molecular formula is C20H23NO5. The first-order valence-corrected chi connectivity index (χ1v) is 9.24. The van der Waals surface area contributed by atoms with Crippen LogP contribution in [-0.2, 0) is 6.54 Å². The summed E-state index contributed by atoms with van der Waals surface area (Å²) in [6.07, 6.45) is 2.76. The minimum Gasteiger partial charge on any atom is -0.488 e. The van der Waals surface area contributed by atoms with E-state index in [0.717, 1.165) is 49.7 Å². The van der Waals surface area contributed by atoms with Crippen LogP contribution < -0.4 is 14.2 Å². The third-order valence-corrected chi connectivity index (χ3v) is 5.75. The lowest BCUT2D eigenvalue weighted by Gasteiger charge is -2.35. The van der Waals surface area contributed by atoms with E-state index in [4.69, 9.17) is 18.6 Å². The molecule has 5 rings (SSSR count). The van der Waals surface area contributed by atoms with Gasteiger partial charge in [-0.15, -0.1) is 0 Å². The van der Waals surface area contributed by atoms with Crippen LogP contribution in [0.1, 0.15) is 18.6 Å². The Labute approximate surface area is 152 Å². The maximum atomic E-state index is 10.6. The standard InChI is InChI=1S/C20H23NO5/c22-17-6-13-9-21(11-16-2-1-5-23-16)10-14(13)7-19(17)26-15-3-4-18-20(8-15)25-12-24-18/h1-5,8,13-14,17,19,22H,6-7,9-12H2/t13-,14+,17+,19+/m0/s1. The van der Waals surface area contributed by atoms with Gasteiger partial charge in [-0.2, -0.15) is 0 Å². The Hall–Kier alpha value is -2.18. The summed E-state index contributed by atoms with van der Waals surface area (Å²) < 4.78 is 22.3. The van der Waals surface area contributed by atoms with Gasteiger partial charge in [0.2, 0.25) is 6.79 Å². The molecule has 0 amide bonds. The van der Waals surface area contributed by atoms with Crippen molar-refractivity contribution in [2.75, 3.05) is 19.9 Å². The van der Waals surface area contributed by atoms with Gasteiger partial charge in [-0.1, -0.05) is 0 Å². The number of benzene rings is 1. The minimum atomic E-state index is -0.440. The highest BCUT2D eigenvalue weighted by Crippen LogP contribution is 2.40. The molecule has 1 N–H and O–H groups in total. The van der Waals surface area contributed by atoms with E-state index in [1.807, 2.05) is 30.3 Å². The molecule has 3 aliphatic rings. The van der Waals surface area contributed by atoms with Crippen LogP contribution in [0.2, 0.25) is 0 Å². The molecule has 0 spiro atoms. The molecular weight excluding hydrogens is 334 g/mol. The van der Waals surface area contributed by atoms with Gasteiger partial charge in [0.1, 0.15) is 17.6 Å². The number of likely N-dealkylation sites (tertiary alicyclic amines) is 1. The van der Waals surface area contributed by atoms with Crippen molar-refractivity contribution in [2.45, 2.75) is 31.6 Å². The molecule has 1 saturated carbocycles. The zero-order chi connectivity index (χ0) is 17.5. The van der Waals surface area contributed by atoms with E-state index < -0.39 is 6.10 Å². The number of rotatable bonds is 4. The SMILES string of the molecule is O[C@@H]1C[C@H]2CN(Cc3ccco3)C[C@H]2C[C@H]1Oc1ccc2c(c1)OCO2. The number of aliphatic hydroxyl groups is 1. The zero-order valence-electron chi connectivity index (χ0n) is 14.5. The van der Waals surface area contributed by atoms with Gasteiger partial charge in [-0.3, -0.25) is 4.90 Å². The molecule has 1 aromatic heterocycles. The second kappa shape index (κ2) is 6.52. The summed E-state index contributed by atoms with van der Waals surface area (Å²) in [7, 11) is 0. The van der Waals surface area contributed by atoms with Crippen LogP contribution in [0.5, 0.6) is 17.2 Å². The lowest BCUT2D eigenvalue weighted by Crippen LogP contribution is -2.42. The van der Waals surface area contributed by atoms with Gasteiger partial charge in [0.15, 0.2) is 11.5 Å². The van der Waals surface area contributed by atoms with Gasteiger partial charge in [0.05, 0.1) is 18.9 Å². The quantitative estimate of drug-likeness (QED) is 0.908. The van der Waals surface area contributed by atoms with Gasteiger partial charge in [-0.25, -0.2) is 0 Å². The maximum Gasteiger partial charge on any atom is 0.231 e. The topological polar surface area (TPSA) is 64.3 Å². The highest BCUT2D eigenvalue weighted by Gasteiger charge is 2.42. The first-order valence-electron chi connectivity index (χ1n) is 9.24. The first kappa shape index (κ1) is 16.0. The largest absolute Gasteiger partial charge is 0.488 e. The van der Waals surface area contributed by atoms with Gasteiger partial charge in [0, 0.05) is 19.2 Å². The van der Waals surface area contributed by atoms with E-state index in [0.29, 0.717) is 17.6 Å². The Morgan fingerprint density at radius 2 is 1.92 bits per heavy atom. The third-order valence-electron chi connectivity index (χ3n) is 5.75. The number of aliphatic hydroxyl groups excluding tert-OH is 1. The molecule has 6 heteroatoms. The van der Waals surface area contributed by atoms with Crippen LogP contribution in [0, 0.1) is 11.8 Å². The van der Waals surface area contributed by atoms with Crippen LogP contribution in [0.3, 0.4) is 0 Å². The van der Waals surface area contributed by atoms with Crippen molar-refractivity contribution in [2.24, 2.45) is 11.8 Å². The van der Waals surface area contributed by atoms with E-state index in [9.17, 15) is 5.11 Å². The third kappa shape index (κ3) is 3.04. The van der Waals surface area contributed by atoms with Crippen molar-refractivity contribution in [1.82, 2.24) is 4.90 Å². The second-order valence-electron chi connectivity index (χ2n) is 7.50. The summed E-state index contributed by atoms with van der Waals surface area (Å²) in [6, 6.07) is 9.53. The highest BCUT2D eigenvalue weighted by molar-refractivity contribution is 5.47. The molecule has 3 heterocycles. The van der Waals surface area contributed by atoms with Crippen LogP contribution in [0.15, 0.2) is 41.0 Å². The molecule has 1 saturated heterocycles. The molecule has 138 valence electrons. The fraction of sp³-hybridized carbons (Fsp3) is 0.500. The van der Waals surface area contributed by atoms with E-state index in [1.54, 1.807) is 6.26 Å². The van der Waals surface area contributed by atoms with Gasteiger partial charge >= 0.3 is 0 Å². The molecule has 0 radical (unpaired) electrons. The summed E-state index contributed by atoms with van der Waals surface area (Å²) in [5, 5.41) is 10.6. The monoisotopic (exact) mass is 357 g/mol. The molecule has 4 atom stereocenters. The number of hydrogen-bond acceptors (Lipinski definition) is 6. The fourth-order valence-corrected chi connectivity index (χ4v) is 4.49. The predicted molar refractivity (Wildman–Crippen MR) is 93.2 cm³/mol. The zero-order valence-corrected chi connectivity index (χ0v) is 14.5. The molecule has 0 unspecified atom stereocenters. The summed E-state index contributed by atoms with van der Waals surface area (Å²) in [5.74, 6) is 4.24. The molecule has 1 aromatic carbocycles. The van der Waals surface area contributed by atoms with Crippen LogP contribution in [-0.4, -0.2) is 42.1 Å². The maximum absolute atomic E-state index is 10.6. The number of fused-ring (bicyclic) bond motifs is 2. The number of hydrogen-bond donors (Lipinski definition) is 1. The Balaban J connectivity index is 1.23. The van der Waals surface area contributed by atoms with E-state index in [-0.39, 0.29) is 12.9 Å². The van der Waals surface area contributed by atoms with Crippen molar-refractivity contribution in [3.8, 4) is 17.2 Å². The van der Waals surface area contributed by atoms with Crippen molar-refractivity contribution >= 4 is 0 Å². The summed E-state index contributed by atoms with van der Waals surface area (Å²) in [5.41, 5.74) is 0. The Kier molecular flexibility index (Phi) is 4.02. The Morgan fingerprint density at radius 1 is 1.08 bits per heavy atom. The van der Waals surface area contributed by atoms with Gasteiger partial charge in [0.25, 0.3) is 0 Å². The second-order valence-corrected chi connectivity index (χ2v) is 7.50. The summed E-state index contributed by atoms with van der Waals surface area (Å²) in [6.45, 7) is 3.13. The Morgan fingerprint density at radius 3 is 2.77 bits per heavy atom. The van der Waals surface area contributed by atoms with E-state index in [2.05, 4.69) is 4.90 Å². The van der Waals surface area contributed by atoms with E-state index >= 15 is 0 Å². The average molecular weight is 357 g/mol. The number of nitrogens with zero attached hydrogens (tertiary/aromatic N) is 1. The summed E-state index contributed by atoms with van der Waals surface area (Å²) in [4.78, 5) is 2.42. The lowest BCUT2D eigenvalue weighted by atomic mass is 9.78. The predicted octanol–water partition coefficient (Wildman–Crippen LogP) is 2.66. The molecule has 2 aromatic rings. The molecule has 0 bridgehead atoms. The number of ether oxygens (including phenoxy) is 3. The van der Waals surface area contributed by atoms with Crippen molar-refractivity contribution < 1.29 is 23.7 Å². The van der Waals surface area contributed by atoms with Crippen LogP contribution in [0.4, 0.5) is 0 Å². The Bertz CT molecular complexity index is 762. The lowest BCUT2D eigenvalue weighted by molar-refractivity contribution is -0.0232. The number of furan rings is 1. The highest BCUT2D eigenvalue weighted by atomic mass is 16.7. The minimum absolute atomic E-state index is 0.180. The smallest absolute Gasteiger partial charge is 0.231 e. The van der Waals surface area contributed by atoms with E-state index in [1.165, 1.54) is 0 Å². The van der Waals surface area contributed by atoms with Crippen molar-refractivity contribution in [3.05, 3.63) is 42.4 Å². The normalized spacial score (nSPS) is 30.3. The van der Waals surface area contributed by atoms with Crippen LogP contribution in [0.25, 0.3) is 0 Å². The fourth-order valence-electron chi connectivity index (χ4n) is 4.49. The molecule has 1 aliphatic carbocycles. The average Bonchev–Trinajstić information content (AvgIpc) is 3.35. The van der Waals surface area contributed by atoms with Crippen molar-refractivity contribution in [1.29, 1.82) is 0 Å².